The number of hydrogen-bond donors (Lipinski definition) is 3. The number of aromatic hydroxyl groups is 1. The van der Waals surface area contributed by atoms with Crippen molar-refractivity contribution in [3.8, 4) is 5.75 Å². The Morgan fingerprint density at radius 3 is 2.38 bits per heavy atom. The van der Waals surface area contributed by atoms with Crippen molar-refractivity contribution in [3.63, 3.8) is 0 Å². The summed E-state index contributed by atoms with van der Waals surface area (Å²) < 4.78 is 13.5. The van der Waals surface area contributed by atoms with Crippen LogP contribution in [0.4, 0.5) is 0 Å². The molecule has 0 spiro atoms. The van der Waals surface area contributed by atoms with Crippen LogP contribution in [0.1, 0.15) is 128 Å². The SMILES string of the molecule is CCC(CC(C)CC(C)CCc1ccc(C)c(O)c1C(=O)O)C1O[C@](CC)(C2CC[C@](O)(CC)[C@H](C)O2)CC1C. The molecule has 9 atom stereocenters. The molecule has 2 aliphatic rings. The summed E-state index contributed by atoms with van der Waals surface area (Å²) >= 11 is 0. The smallest absolute Gasteiger partial charge is 0.339 e. The molecule has 6 unspecified atom stereocenters. The van der Waals surface area contributed by atoms with Gasteiger partial charge in [-0.3, -0.25) is 0 Å². The number of aryl methyl sites for hydroxylation is 2. The van der Waals surface area contributed by atoms with Crippen molar-refractivity contribution in [2.75, 3.05) is 0 Å². The topological polar surface area (TPSA) is 96.2 Å². The zero-order chi connectivity index (χ0) is 29.8. The zero-order valence-electron chi connectivity index (χ0n) is 26.3. The summed E-state index contributed by atoms with van der Waals surface area (Å²) in [5, 5.41) is 30.8. The number of benzene rings is 1. The zero-order valence-corrected chi connectivity index (χ0v) is 26.3. The van der Waals surface area contributed by atoms with Crippen molar-refractivity contribution in [1.82, 2.24) is 0 Å². The molecule has 0 aromatic heterocycles. The number of carbonyl (C=O) groups is 1. The molecule has 1 aromatic rings. The van der Waals surface area contributed by atoms with Gasteiger partial charge in [-0.2, -0.15) is 0 Å². The van der Waals surface area contributed by atoms with E-state index in [1.807, 2.05) is 19.9 Å². The minimum Gasteiger partial charge on any atom is -0.507 e. The van der Waals surface area contributed by atoms with Gasteiger partial charge in [0.05, 0.1) is 29.5 Å². The van der Waals surface area contributed by atoms with Crippen molar-refractivity contribution in [2.24, 2.45) is 23.7 Å². The predicted octanol–water partition coefficient (Wildman–Crippen LogP) is 7.69. The van der Waals surface area contributed by atoms with Crippen molar-refractivity contribution >= 4 is 5.97 Å². The van der Waals surface area contributed by atoms with Crippen LogP contribution in [0.25, 0.3) is 0 Å². The van der Waals surface area contributed by atoms with Crippen molar-refractivity contribution in [1.29, 1.82) is 0 Å². The Bertz CT molecular complexity index is 993. The molecular formula is C34H56O6. The lowest BCUT2D eigenvalue weighted by Crippen LogP contribution is -2.55. The summed E-state index contributed by atoms with van der Waals surface area (Å²) in [6, 6.07) is 3.65. The normalized spacial score (nSPS) is 33.0. The van der Waals surface area contributed by atoms with Crippen LogP contribution >= 0.6 is 0 Å². The van der Waals surface area contributed by atoms with Gasteiger partial charge < -0.3 is 24.8 Å². The highest BCUT2D eigenvalue weighted by Gasteiger charge is 2.54. The van der Waals surface area contributed by atoms with E-state index in [0.29, 0.717) is 47.6 Å². The highest BCUT2D eigenvalue weighted by atomic mass is 16.6. The standard InChI is InChI=1S/C34H56O6/c1-9-26(19-22(5)18-21(4)12-14-27-15-13-23(6)30(35)29(27)32(36)37)31-24(7)20-34(11-3,40-31)28-16-17-33(38,10-2)25(8)39-28/h13,15,21-22,24-26,28,31,35,38H,9-12,14,16-20H2,1-8H3,(H,36,37)/t21?,22?,24?,25-,26?,28?,31?,33+,34-/m0/s1. The molecule has 228 valence electrons. The van der Waals surface area contributed by atoms with Gasteiger partial charge in [-0.15, -0.1) is 0 Å². The van der Waals surface area contributed by atoms with E-state index in [1.54, 1.807) is 13.0 Å². The third-order valence-corrected chi connectivity index (χ3v) is 10.4. The number of rotatable bonds is 13. The molecule has 0 bridgehead atoms. The molecule has 2 heterocycles. The van der Waals surface area contributed by atoms with Crippen molar-refractivity contribution in [2.45, 2.75) is 149 Å². The van der Waals surface area contributed by atoms with Gasteiger partial charge >= 0.3 is 5.97 Å². The summed E-state index contributed by atoms with van der Waals surface area (Å²) in [5.74, 6) is 0.744. The number of hydrogen-bond acceptors (Lipinski definition) is 5. The first-order valence-electron chi connectivity index (χ1n) is 15.9. The molecule has 2 fully saturated rings. The molecule has 2 saturated heterocycles. The van der Waals surface area contributed by atoms with E-state index in [0.717, 1.165) is 51.4 Å². The van der Waals surface area contributed by atoms with Crippen LogP contribution < -0.4 is 0 Å². The van der Waals surface area contributed by atoms with E-state index in [-0.39, 0.29) is 35.2 Å². The molecule has 3 N–H and O–H groups in total. The maximum atomic E-state index is 11.8. The van der Waals surface area contributed by atoms with Gasteiger partial charge in [0.1, 0.15) is 11.3 Å². The van der Waals surface area contributed by atoms with Crippen LogP contribution in [0, 0.1) is 30.6 Å². The van der Waals surface area contributed by atoms with E-state index >= 15 is 0 Å². The van der Waals surface area contributed by atoms with E-state index in [9.17, 15) is 20.1 Å². The molecule has 40 heavy (non-hydrogen) atoms. The lowest BCUT2D eigenvalue weighted by Gasteiger charge is -2.47. The Morgan fingerprint density at radius 1 is 1.10 bits per heavy atom. The molecule has 0 radical (unpaired) electrons. The minimum atomic E-state index is -1.06. The summed E-state index contributed by atoms with van der Waals surface area (Å²) in [7, 11) is 0. The van der Waals surface area contributed by atoms with Crippen molar-refractivity contribution < 1.29 is 29.6 Å². The maximum Gasteiger partial charge on any atom is 0.339 e. The molecule has 1 aromatic carbocycles. The summed E-state index contributed by atoms with van der Waals surface area (Å²) in [4.78, 5) is 11.8. The van der Waals surface area contributed by atoms with Crippen LogP contribution in [-0.4, -0.2) is 50.8 Å². The van der Waals surface area contributed by atoms with Crippen molar-refractivity contribution in [3.05, 3.63) is 28.8 Å². The Morgan fingerprint density at radius 2 is 1.80 bits per heavy atom. The fraction of sp³-hybridized carbons (Fsp3) is 0.794. The number of ether oxygens (including phenoxy) is 2. The lowest BCUT2D eigenvalue weighted by atomic mass is 9.77. The monoisotopic (exact) mass is 560 g/mol. The highest BCUT2D eigenvalue weighted by Crippen LogP contribution is 2.49. The van der Waals surface area contributed by atoms with E-state index in [2.05, 4.69) is 34.6 Å². The molecule has 2 aliphatic heterocycles. The number of aliphatic hydroxyl groups is 1. The molecule has 6 nitrogen and oxygen atoms in total. The lowest BCUT2D eigenvalue weighted by molar-refractivity contribution is -0.230. The average Bonchev–Trinajstić information content (AvgIpc) is 3.26. The molecule has 0 saturated carbocycles. The van der Waals surface area contributed by atoms with Gasteiger partial charge in [0.15, 0.2) is 0 Å². The van der Waals surface area contributed by atoms with Crippen LogP contribution in [0.5, 0.6) is 5.75 Å². The quantitative estimate of drug-likeness (QED) is 0.229. The average molecular weight is 561 g/mol. The van der Waals surface area contributed by atoms with Crippen LogP contribution in [0.2, 0.25) is 0 Å². The molecule has 6 heteroatoms. The first-order chi connectivity index (χ1) is 18.8. The van der Waals surface area contributed by atoms with Gasteiger partial charge in [0.25, 0.3) is 0 Å². The first kappa shape index (κ1) is 32.9. The summed E-state index contributed by atoms with van der Waals surface area (Å²) in [6.45, 7) is 17.2. The Balaban J connectivity index is 1.59. The third-order valence-electron chi connectivity index (χ3n) is 10.4. The second kappa shape index (κ2) is 13.6. The number of carboxylic acids is 1. The van der Waals surface area contributed by atoms with Gasteiger partial charge in [-0.1, -0.05) is 60.1 Å². The molecule has 0 aliphatic carbocycles. The fourth-order valence-corrected chi connectivity index (χ4v) is 7.73. The van der Waals surface area contributed by atoms with Gasteiger partial charge in [-0.25, -0.2) is 4.79 Å². The van der Waals surface area contributed by atoms with Crippen LogP contribution in [0.15, 0.2) is 12.1 Å². The Hall–Kier alpha value is -1.63. The summed E-state index contributed by atoms with van der Waals surface area (Å²) in [6.07, 6.45) is 9.11. The number of phenols is 1. The van der Waals surface area contributed by atoms with Gasteiger partial charge in [-0.05, 0) is 106 Å². The van der Waals surface area contributed by atoms with Gasteiger partial charge in [0.2, 0.25) is 0 Å². The minimum absolute atomic E-state index is 0.0265. The largest absolute Gasteiger partial charge is 0.507 e. The Kier molecular flexibility index (Phi) is 11.1. The summed E-state index contributed by atoms with van der Waals surface area (Å²) in [5.41, 5.74) is 0.341. The fourth-order valence-electron chi connectivity index (χ4n) is 7.73. The maximum absolute atomic E-state index is 11.8. The predicted molar refractivity (Wildman–Crippen MR) is 160 cm³/mol. The Labute approximate surface area is 242 Å². The molecule has 0 amide bonds. The van der Waals surface area contributed by atoms with E-state index in [1.165, 1.54) is 0 Å². The molecule has 3 rings (SSSR count). The molecular weight excluding hydrogens is 504 g/mol. The third kappa shape index (κ3) is 7.04. The number of carboxylic acid groups (broad SMARTS) is 1. The highest BCUT2D eigenvalue weighted by molar-refractivity contribution is 5.93. The van der Waals surface area contributed by atoms with E-state index in [4.69, 9.17) is 9.47 Å². The van der Waals surface area contributed by atoms with E-state index < -0.39 is 11.6 Å². The number of aromatic carboxylic acids is 1. The second-order valence-corrected chi connectivity index (χ2v) is 13.4. The van der Waals surface area contributed by atoms with Crippen LogP contribution in [-0.2, 0) is 15.9 Å². The second-order valence-electron chi connectivity index (χ2n) is 13.4. The first-order valence-corrected chi connectivity index (χ1v) is 15.9. The van der Waals surface area contributed by atoms with Crippen LogP contribution in [0.3, 0.4) is 0 Å². The van der Waals surface area contributed by atoms with Gasteiger partial charge in [0, 0.05) is 0 Å².